The van der Waals surface area contributed by atoms with Crippen LogP contribution < -0.4 is 0 Å². The smallest absolute Gasteiger partial charge is 0.306 e. The molecular formula is C14H26O2. The quantitative estimate of drug-likeness (QED) is 0.667. The number of rotatable bonds is 2. The molecule has 1 saturated carbocycles. The molecule has 0 saturated heterocycles. The number of esters is 1. The van der Waals surface area contributed by atoms with E-state index in [2.05, 4.69) is 13.8 Å². The summed E-state index contributed by atoms with van der Waals surface area (Å²) < 4.78 is 5.35. The van der Waals surface area contributed by atoms with E-state index in [1.54, 1.807) is 0 Å². The number of carbonyl (C=O) groups excluding carboxylic acids is 1. The van der Waals surface area contributed by atoms with Gasteiger partial charge in [0.2, 0.25) is 0 Å². The maximum atomic E-state index is 11.7. The summed E-state index contributed by atoms with van der Waals surface area (Å²) in [5, 5.41) is 0. The minimum absolute atomic E-state index is 0.0304. The molecule has 0 unspecified atom stereocenters. The lowest BCUT2D eigenvalue weighted by Crippen LogP contribution is -2.27. The Morgan fingerprint density at radius 2 is 1.75 bits per heavy atom. The van der Waals surface area contributed by atoms with Gasteiger partial charge in [0.05, 0.1) is 0 Å². The van der Waals surface area contributed by atoms with Gasteiger partial charge in [-0.1, -0.05) is 13.8 Å². The topological polar surface area (TPSA) is 26.3 Å². The molecule has 0 aromatic rings. The van der Waals surface area contributed by atoms with E-state index >= 15 is 0 Å². The van der Waals surface area contributed by atoms with Crippen LogP contribution in [-0.4, -0.2) is 11.6 Å². The maximum absolute atomic E-state index is 11.7. The molecule has 0 heterocycles. The van der Waals surface area contributed by atoms with Gasteiger partial charge in [-0.2, -0.15) is 0 Å². The van der Waals surface area contributed by atoms with Crippen molar-refractivity contribution in [2.24, 2.45) is 11.3 Å². The van der Waals surface area contributed by atoms with Gasteiger partial charge in [0.25, 0.3) is 0 Å². The van der Waals surface area contributed by atoms with Crippen LogP contribution in [0.2, 0.25) is 0 Å². The summed E-state index contributed by atoms with van der Waals surface area (Å²) in [6.45, 7) is 10.4. The first-order valence-corrected chi connectivity index (χ1v) is 6.40. The van der Waals surface area contributed by atoms with E-state index in [0.717, 1.165) is 0 Å². The van der Waals surface area contributed by atoms with Gasteiger partial charge in [0.15, 0.2) is 0 Å². The molecule has 0 spiro atoms. The summed E-state index contributed by atoms with van der Waals surface area (Å²) in [5.41, 5.74) is 0.134. The minimum atomic E-state index is -0.342. The molecule has 1 aliphatic rings. The van der Waals surface area contributed by atoms with Crippen LogP contribution in [0.3, 0.4) is 0 Å². The SMILES string of the molecule is CC1(C)CCC(CC(=O)OC(C)(C)C)CC1. The second kappa shape index (κ2) is 4.77. The van der Waals surface area contributed by atoms with Crippen LogP contribution in [0.25, 0.3) is 0 Å². The van der Waals surface area contributed by atoms with Crippen molar-refractivity contribution in [1.29, 1.82) is 0 Å². The van der Waals surface area contributed by atoms with Crippen molar-refractivity contribution in [1.82, 2.24) is 0 Å². The average Bonchev–Trinajstić information content (AvgIpc) is 2.05. The Hall–Kier alpha value is -0.530. The first kappa shape index (κ1) is 13.5. The Balaban J connectivity index is 2.32. The highest BCUT2D eigenvalue weighted by Crippen LogP contribution is 2.39. The molecule has 0 aromatic carbocycles. The third-order valence-electron chi connectivity index (χ3n) is 3.33. The Morgan fingerprint density at radius 1 is 1.25 bits per heavy atom. The van der Waals surface area contributed by atoms with Crippen molar-refractivity contribution in [3.63, 3.8) is 0 Å². The lowest BCUT2D eigenvalue weighted by Gasteiger charge is -2.34. The first-order chi connectivity index (χ1) is 7.18. The fraction of sp³-hybridized carbons (Fsp3) is 0.929. The predicted octanol–water partition coefficient (Wildman–Crippen LogP) is 3.93. The Kier molecular flexibility index (Phi) is 4.03. The van der Waals surface area contributed by atoms with E-state index in [1.165, 1.54) is 25.7 Å². The van der Waals surface area contributed by atoms with E-state index in [9.17, 15) is 4.79 Å². The molecule has 0 N–H and O–H groups in total. The lowest BCUT2D eigenvalue weighted by atomic mass is 9.72. The molecular weight excluding hydrogens is 200 g/mol. The number of hydrogen-bond donors (Lipinski definition) is 0. The average molecular weight is 226 g/mol. The van der Waals surface area contributed by atoms with E-state index < -0.39 is 0 Å². The summed E-state index contributed by atoms with van der Waals surface area (Å²) >= 11 is 0. The van der Waals surface area contributed by atoms with Gasteiger partial charge in [-0.05, 0) is 57.8 Å². The van der Waals surface area contributed by atoms with Crippen molar-refractivity contribution < 1.29 is 9.53 Å². The third kappa shape index (κ3) is 5.00. The van der Waals surface area contributed by atoms with Crippen LogP contribution in [0.15, 0.2) is 0 Å². The van der Waals surface area contributed by atoms with Gasteiger partial charge < -0.3 is 4.74 Å². The molecule has 0 bridgehead atoms. The van der Waals surface area contributed by atoms with Gasteiger partial charge in [-0.3, -0.25) is 4.79 Å². The van der Waals surface area contributed by atoms with Gasteiger partial charge >= 0.3 is 5.97 Å². The van der Waals surface area contributed by atoms with Crippen LogP contribution in [0.5, 0.6) is 0 Å². The second-order valence-corrected chi connectivity index (χ2v) is 6.90. The molecule has 0 radical (unpaired) electrons. The molecule has 1 fully saturated rings. The molecule has 0 aromatic heterocycles. The zero-order valence-corrected chi connectivity index (χ0v) is 11.4. The van der Waals surface area contributed by atoms with Crippen LogP contribution in [0, 0.1) is 11.3 Å². The Bertz CT molecular complexity index is 238. The van der Waals surface area contributed by atoms with Crippen LogP contribution in [0.1, 0.15) is 66.7 Å². The normalized spacial score (nSPS) is 21.8. The van der Waals surface area contributed by atoms with E-state index in [0.29, 0.717) is 17.8 Å². The second-order valence-electron chi connectivity index (χ2n) is 6.90. The zero-order valence-electron chi connectivity index (χ0n) is 11.4. The minimum Gasteiger partial charge on any atom is -0.460 e. The van der Waals surface area contributed by atoms with Crippen LogP contribution in [-0.2, 0) is 9.53 Å². The maximum Gasteiger partial charge on any atom is 0.306 e. The number of hydrogen-bond acceptors (Lipinski definition) is 2. The molecule has 16 heavy (non-hydrogen) atoms. The Morgan fingerprint density at radius 3 is 2.19 bits per heavy atom. The fourth-order valence-electron chi connectivity index (χ4n) is 2.28. The largest absolute Gasteiger partial charge is 0.460 e. The lowest BCUT2D eigenvalue weighted by molar-refractivity contribution is -0.156. The monoisotopic (exact) mass is 226 g/mol. The third-order valence-corrected chi connectivity index (χ3v) is 3.33. The highest BCUT2D eigenvalue weighted by Gasteiger charge is 2.29. The molecule has 1 aliphatic carbocycles. The van der Waals surface area contributed by atoms with Crippen LogP contribution >= 0.6 is 0 Å². The number of carbonyl (C=O) groups is 1. The highest BCUT2D eigenvalue weighted by molar-refractivity contribution is 5.70. The summed E-state index contributed by atoms with van der Waals surface area (Å²) in [4.78, 5) is 11.7. The first-order valence-electron chi connectivity index (χ1n) is 6.40. The van der Waals surface area contributed by atoms with Gasteiger partial charge in [0, 0.05) is 6.42 Å². The number of ether oxygens (including phenoxy) is 1. The van der Waals surface area contributed by atoms with E-state index in [4.69, 9.17) is 4.74 Å². The fourth-order valence-corrected chi connectivity index (χ4v) is 2.28. The highest BCUT2D eigenvalue weighted by atomic mass is 16.6. The molecule has 2 heteroatoms. The van der Waals surface area contributed by atoms with Gasteiger partial charge in [0.1, 0.15) is 5.60 Å². The van der Waals surface area contributed by atoms with Crippen molar-refractivity contribution in [3.8, 4) is 0 Å². The van der Waals surface area contributed by atoms with Crippen molar-refractivity contribution in [3.05, 3.63) is 0 Å². The summed E-state index contributed by atoms with van der Waals surface area (Å²) in [6.07, 6.45) is 5.42. The summed E-state index contributed by atoms with van der Waals surface area (Å²) in [5.74, 6) is 0.514. The van der Waals surface area contributed by atoms with Crippen molar-refractivity contribution >= 4 is 5.97 Å². The predicted molar refractivity (Wildman–Crippen MR) is 66.2 cm³/mol. The van der Waals surface area contributed by atoms with Gasteiger partial charge in [-0.25, -0.2) is 0 Å². The van der Waals surface area contributed by atoms with Crippen molar-refractivity contribution in [2.45, 2.75) is 72.3 Å². The summed E-state index contributed by atoms with van der Waals surface area (Å²) in [6, 6.07) is 0. The van der Waals surface area contributed by atoms with E-state index in [1.807, 2.05) is 20.8 Å². The molecule has 1 rings (SSSR count). The summed E-state index contributed by atoms with van der Waals surface area (Å²) in [7, 11) is 0. The standard InChI is InChI=1S/C14H26O2/c1-13(2,3)16-12(15)10-11-6-8-14(4,5)9-7-11/h11H,6-10H2,1-5H3. The molecule has 2 nitrogen and oxygen atoms in total. The van der Waals surface area contributed by atoms with E-state index in [-0.39, 0.29) is 11.6 Å². The van der Waals surface area contributed by atoms with Crippen LogP contribution in [0.4, 0.5) is 0 Å². The molecule has 0 atom stereocenters. The molecule has 0 amide bonds. The van der Waals surface area contributed by atoms with Gasteiger partial charge in [-0.15, -0.1) is 0 Å². The van der Waals surface area contributed by atoms with Crippen molar-refractivity contribution in [2.75, 3.05) is 0 Å². The zero-order chi connectivity index (χ0) is 12.4. The Labute approximate surface area is 99.8 Å². The molecule has 94 valence electrons. The molecule has 0 aliphatic heterocycles.